The normalized spacial score (nSPS) is 15.2. The molecule has 2 aromatic carbocycles. The lowest BCUT2D eigenvalue weighted by Crippen LogP contribution is -2.27. The van der Waals surface area contributed by atoms with Crippen molar-refractivity contribution in [2.24, 2.45) is 0 Å². The summed E-state index contributed by atoms with van der Waals surface area (Å²) in [5.74, 6) is 0.559. The Morgan fingerprint density at radius 2 is 1.94 bits per heavy atom. The number of carbonyl (C=O) groups is 1. The van der Waals surface area contributed by atoms with Crippen LogP contribution in [-0.2, 0) is 4.79 Å². The Balaban J connectivity index is 1.28. The Labute approximate surface area is 187 Å². The molecule has 3 heterocycles. The van der Waals surface area contributed by atoms with Crippen LogP contribution >= 0.6 is 23.1 Å². The third kappa shape index (κ3) is 4.00. The van der Waals surface area contributed by atoms with E-state index in [9.17, 15) is 9.59 Å². The van der Waals surface area contributed by atoms with Gasteiger partial charge in [0, 0.05) is 35.2 Å². The van der Waals surface area contributed by atoms with E-state index in [2.05, 4.69) is 29.4 Å². The van der Waals surface area contributed by atoms with E-state index >= 15 is 0 Å². The van der Waals surface area contributed by atoms with E-state index in [0.29, 0.717) is 16.6 Å². The lowest BCUT2D eigenvalue weighted by atomic mass is 10.2. The van der Waals surface area contributed by atoms with Gasteiger partial charge in [0.1, 0.15) is 5.01 Å². The molecule has 0 aliphatic carbocycles. The molecule has 156 valence electrons. The van der Waals surface area contributed by atoms with Gasteiger partial charge in [-0.3, -0.25) is 14.2 Å². The van der Waals surface area contributed by atoms with Crippen LogP contribution in [0.2, 0.25) is 0 Å². The second kappa shape index (κ2) is 7.94. The second-order valence-electron chi connectivity index (χ2n) is 7.67. The van der Waals surface area contributed by atoms with Crippen LogP contribution in [0.25, 0.3) is 20.8 Å². The average molecular weight is 449 g/mol. The monoisotopic (exact) mass is 448 g/mol. The van der Waals surface area contributed by atoms with Crippen LogP contribution < -0.4 is 10.9 Å². The zero-order valence-electron chi connectivity index (χ0n) is 17.1. The molecule has 31 heavy (non-hydrogen) atoms. The molecule has 2 aromatic heterocycles. The molecule has 1 amide bonds. The van der Waals surface area contributed by atoms with Crippen molar-refractivity contribution in [2.45, 2.75) is 31.5 Å². The number of nitrogens with one attached hydrogen (secondary N) is 1. The summed E-state index contributed by atoms with van der Waals surface area (Å²) in [4.78, 5) is 34.0. The number of aryl methyl sites for hydroxylation is 2. The van der Waals surface area contributed by atoms with Gasteiger partial charge in [-0.1, -0.05) is 17.8 Å². The number of benzene rings is 2. The van der Waals surface area contributed by atoms with E-state index < -0.39 is 0 Å². The number of thioether (sulfide) groups is 1. The summed E-state index contributed by atoms with van der Waals surface area (Å²) in [6, 6.07) is 15.3. The third-order valence-corrected chi connectivity index (χ3v) is 7.36. The molecule has 1 unspecified atom stereocenters. The summed E-state index contributed by atoms with van der Waals surface area (Å²) in [6.07, 6.45) is 0.240. The fraction of sp³-hybridized carbons (Fsp3) is 0.217. The quantitative estimate of drug-likeness (QED) is 0.453. The minimum atomic E-state index is -0.175. The zero-order valence-corrected chi connectivity index (χ0v) is 18.7. The number of amides is 1. The highest BCUT2D eigenvalue weighted by Gasteiger charge is 2.27. The van der Waals surface area contributed by atoms with E-state index in [-0.39, 0.29) is 23.9 Å². The molecule has 0 fully saturated rings. The molecule has 5 rings (SSSR count). The number of fused-ring (bicyclic) bond motifs is 2. The Kier molecular flexibility index (Phi) is 5.11. The summed E-state index contributed by atoms with van der Waals surface area (Å²) >= 11 is 3.18. The van der Waals surface area contributed by atoms with Gasteiger partial charge in [-0.2, -0.15) is 0 Å². The van der Waals surface area contributed by atoms with Gasteiger partial charge in [-0.05, 0) is 55.8 Å². The van der Waals surface area contributed by atoms with Crippen LogP contribution in [0.5, 0.6) is 0 Å². The van der Waals surface area contributed by atoms with E-state index in [1.165, 1.54) is 28.1 Å². The lowest BCUT2D eigenvalue weighted by Gasteiger charge is -2.13. The number of hydrogen-bond acceptors (Lipinski definition) is 6. The average Bonchev–Trinajstić information content (AvgIpc) is 3.32. The van der Waals surface area contributed by atoms with E-state index in [4.69, 9.17) is 4.98 Å². The van der Waals surface area contributed by atoms with Crippen molar-refractivity contribution in [1.82, 2.24) is 14.5 Å². The summed E-state index contributed by atoms with van der Waals surface area (Å²) in [5, 5.41) is 4.59. The maximum Gasteiger partial charge on any atom is 0.254 e. The predicted octanol–water partition coefficient (Wildman–Crippen LogP) is 4.81. The standard InChI is InChI=1S/C23H20N4O2S2/c1-13-3-8-18-19(9-13)31-22(26-18)15-4-6-16(7-5-15)25-20(28)11-17-12-30-23-24-14(2)10-21(29)27(17)23/h3-10,17H,11-12H2,1-2H3,(H,25,28). The van der Waals surface area contributed by atoms with Gasteiger partial charge in [0.05, 0.1) is 16.3 Å². The minimum Gasteiger partial charge on any atom is -0.326 e. The largest absolute Gasteiger partial charge is 0.326 e. The first kappa shape index (κ1) is 20.0. The second-order valence-corrected chi connectivity index (χ2v) is 9.69. The number of thiazole rings is 1. The van der Waals surface area contributed by atoms with Crippen molar-refractivity contribution < 1.29 is 4.79 Å². The Morgan fingerprint density at radius 1 is 1.13 bits per heavy atom. The molecule has 6 nitrogen and oxygen atoms in total. The highest BCUT2D eigenvalue weighted by atomic mass is 32.2. The number of nitrogens with zero attached hydrogens (tertiary/aromatic N) is 3. The van der Waals surface area contributed by atoms with Crippen LogP contribution in [0.3, 0.4) is 0 Å². The Hall–Kier alpha value is -2.97. The van der Waals surface area contributed by atoms with E-state index in [1.807, 2.05) is 37.3 Å². The molecule has 0 saturated heterocycles. The summed E-state index contributed by atoms with van der Waals surface area (Å²) in [5.41, 5.74) is 4.57. The molecule has 0 spiro atoms. The number of rotatable bonds is 4. The van der Waals surface area contributed by atoms with Crippen LogP contribution in [0.4, 0.5) is 5.69 Å². The number of carbonyl (C=O) groups excluding carboxylic acids is 1. The van der Waals surface area contributed by atoms with Gasteiger partial charge < -0.3 is 5.32 Å². The molecular weight excluding hydrogens is 428 g/mol. The number of aromatic nitrogens is 3. The molecular formula is C23H20N4O2S2. The molecule has 4 aromatic rings. The first-order valence-electron chi connectivity index (χ1n) is 9.97. The molecule has 0 saturated carbocycles. The first-order valence-corrected chi connectivity index (χ1v) is 11.8. The maximum atomic E-state index is 12.6. The number of anilines is 1. The van der Waals surface area contributed by atoms with Crippen LogP contribution in [-0.4, -0.2) is 26.2 Å². The molecule has 0 radical (unpaired) electrons. The van der Waals surface area contributed by atoms with Gasteiger partial charge in [0.2, 0.25) is 5.91 Å². The van der Waals surface area contributed by atoms with Gasteiger partial charge in [0.25, 0.3) is 5.56 Å². The summed E-state index contributed by atoms with van der Waals surface area (Å²) in [7, 11) is 0. The lowest BCUT2D eigenvalue weighted by molar-refractivity contribution is -0.116. The van der Waals surface area contributed by atoms with Gasteiger partial charge in [-0.15, -0.1) is 11.3 Å². The van der Waals surface area contributed by atoms with Gasteiger partial charge >= 0.3 is 0 Å². The Morgan fingerprint density at radius 3 is 2.74 bits per heavy atom. The molecule has 8 heteroatoms. The van der Waals surface area contributed by atoms with Crippen LogP contribution in [0.15, 0.2) is 58.5 Å². The zero-order chi connectivity index (χ0) is 21.5. The maximum absolute atomic E-state index is 12.6. The highest BCUT2D eigenvalue weighted by Crippen LogP contribution is 2.33. The number of hydrogen-bond donors (Lipinski definition) is 1. The van der Waals surface area contributed by atoms with E-state index in [1.54, 1.807) is 15.9 Å². The molecule has 1 N–H and O–H groups in total. The van der Waals surface area contributed by atoms with E-state index in [0.717, 1.165) is 21.8 Å². The predicted molar refractivity (Wildman–Crippen MR) is 126 cm³/mol. The fourth-order valence-corrected chi connectivity index (χ4v) is 5.95. The molecule has 1 aliphatic rings. The Bertz CT molecular complexity index is 1360. The van der Waals surface area contributed by atoms with Crippen molar-refractivity contribution in [1.29, 1.82) is 0 Å². The smallest absolute Gasteiger partial charge is 0.254 e. The van der Waals surface area contributed by atoms with Crippen molar-refractivity contribution in [3.05, 3.63) is 70.1 Å². The van der Waals surface area contributed by atoms with Gasteiger partial charge in [0.15, 0.2) is 5.16 Å². The molecule has 0 bridgehead atoms. The van der Waals surface area contributed by atoms with Crippen molar-refractivity contribution in [3.8, 4) is 10.6 Å². The first-order chi connectivity index (χ1) is 15.0. The van der Waals surface area contributed by atoms with Crippen molar-refractivity contribution in [3.63, 3.8) is 0 Å². The summed E-state index contributed by atoms with van der Waals surface area (Å²) in [6.45, 7) is 3.88. The highest BCUT2D eigenvalue weighted by molar-refractivity contribution is 7.99. The summed E-state index contributed by atoms with van der Waals surface area (Å²) < 4.78 is 2.80. The third-order valence-electron chi connectivity index (χ3n) is 5.20. The van der Waals surface area contributed by atoms with Crippen molar-refractivity contribution >= 4 is 44.9 Å². The topological polar surface area (TPSA) is 76.9 Å². The molecule has 1 aliphatic heterocycles. The van der Waals surface area contributed by atoms with Crippen molar-refractivity contribution in [2.75, 3.05) is 11.1 Å². The SMILES string of the molecule is Cc1ccc2nc(-c3ccc(NC(=O)CC4CSc5nc(C)cc(=O)n54)cc3)sc2c1. The van der Waals surface area contributed by atoms with Gasteiger partial charge in [-0.25, -0.2) is 9.97 Å². The minimum absolute atomic E-state index is 0.0966. The fourth-order valence-electron chi connectivity index (χ4n) is 3.69. The molecule has 1 atom stereocenters. The van der Waals surface area contributed by atoms with Crippen LogP contribution in [0.1, 0.15) is 23.7 Å². The van der Waals surface area contributed by atoms with Crippen LogP contribution in [0, 0.1) is 13.8 Å².